The van der Waals surface area contributed by atoms with Crippen LogP contribution in [0.5, 0.6) is 0 Å². The number of halogens is 1. The Hall–Kier alpha value is -2.54. The van der Waals surface area contributed by atoms with Crippen molar-refractivity contribution in [2.75, 3.05) is 34.2 Å². The van der Waals surface area contributed by atoms with E-state index in [0.717, 1.165) is 22.5 Å². The Morgan fingerprint density at radius 2 is 1.92 bits per heavy atom. The van der Waals surface area contributed by atoms with Gasteiger partial charge in [-0.2, -0.15) is 0 Å². The van der Waals surface area contributed by atoms with Crippen LogP contribution in [0.15, 0.2) is 43.0 Å². The van der Waals surface area contributed by atoms with Crippen molar-refractivity contribution < 1.29 is 12.8 Å². The number of anilines is 3. The molecule has 0 fully saturated rings. The molecule has 1 aliphatic rings. The lowest BCUT2D eigenvalue weighted by atomic mass is 10.1. The number of nitrogens with zero attached hydrogens (tertiary/aromatic N) is 3. The Labute approximate surface area is 154 Å². The molecule has 1 aliphatic heterocycles. The third-order valence-electron chi connectivity index (χ3n) is 4.56. The fourth-order valence-corrected chi connectivity index (χ4v) is 4.29. The molecule has 3 rings (SSSR count). The Balaban J connectivity index is 2.06. The molecule has 0 unspecified atom stereocenters. The van der Waals surface area contributed by atoms with Crippen LogP contribution in [-0.2, 0) is 16.6 Å². The van der Waals surface area contributed by atoms with E-state index in [4.69, 9.17) is 0 Å². The summed E-state index contributed by atoms with van der Waals surface area (Å²) < 4.78 is 38.9. The lowest BCUT2D eigenvalue weighted by Gasteiger charge is -2.29. The van der Waals surface area contributed by atoms with Gasteiger partial charge in [0.15, 0.2) is 0 Å². The molecule has 1 heterocycles. The molecule has 138 valence electrons. The van der Waals surface area contributed by atoms with Crippen LogP contribution in [0.1, 0.15) is 18.1 Å². The third-order valence-corrected chi connectivity index (χ3v) is 5.82. The molecule has 7 heteroatoms. The summed E-state index contributed by atoms with van der Waals surface area (Å²) in [6.45, 7) is 6.58. The number of fused-ring (bicyclic) bond motifs is 1. The largest absolute Gasteiger partial charge is 0.288 e. The van der Waals surface area contributed by atoms with Gasteiger partial charge in [0.1, 0.15) is 5.82 Å². The van der Waals surface area contributed by atoms with Gasteiger partial charge in [-0.1, -0.05) is 12.7 Å². The zero-order valence-corrected chi connectivity index (χ0v) is 15.9. The predicted octanol–water partition coefficient (Wildman–Crippen LogP) is 3.63. The first-order valence-corrected chi connectivity index (χ1v) is 10.1. The van der Waals surface area contributed by atoms with Gasteiger partial charge in [0, 0.05) is 13.6 Å². The summed E-state index contributed by atoms with van der Waals surface area (Å²) in [6.07, 6.45) is 2.87. The number of hydrogen-bond donors (Lipinski definition) is 0. The van der Waals surface area contributed by atoms with E-state index in [9.17, 15) is 12.8 Å². The van der Waals surface area contributed by atoms with Crippen LogP contribution in [0.25, 0.3) is 6.08 Å². The standard InChI is InChI=1S/C19H22FN3O2S/c1-5-14-11-15-13-22(17-9-7-16(20)8-10-17)21(3)18(15)12-19(14)23(6-2)26(4,24)25/h5,7-12H,1,6,13H2,2-4H3. The zero-order valence-electron chi connectivity index (χ0n) is 15.1. The fraction of sp³-hybridized carbons (Fsp3) is 0.263. The molecule has 0 aromatic heterocycles. The van der Waals surface area contributed by atoms with Gasteiger partial charge in [-0.25, -0.2) is 12.8 Å². The molecule has 0 saturated carbocycles. The molecular weight excluding hydrogens is 353 g/mol. The average molecular weight is 375 g/mol. The molecule has 5 nitrogen and oxygen atoms in total. The second kappa shape index (κ2) is 6.64. The molecular formula is C19H22FN3O2S. The Morgan fingerprint density at radius 1 is 1.27 bits per heavy atom. The molecule has 2 aromatic rings. The van der Waals surface area contributed by atoms with E-state index in [1.807, 2.05) is 29.2 Å². The maximum atomic E-state index is 13.2. The van der Waals surface area contributed by atoms with Crippen molar-refractivity contribution in [2.45, 2.75) is 13.5 Å². The predicted molar refractivity (Wildman–Crippen MR) is 105 cm³/mol. The van der Waals surface area contributed by atoms with E-state index in [1.165, 1.54) is 22.7 Å². The summed E-state index contributed by atoms with van der Waals surface area (Å²) in [6, 6.07) is 10.1. The van der Waals surface area contributed by atoms with Crippen LogP contribution < -0.4 is 14.3 Å². The van der Waals surface area contributed by atoms with Gasteiger partial charge in [0.25, 0.3) is 0 Å². The molecule has 0 spiro atoms. The van der Waals surface area contributed by atoms with E-state index in [0.29, 0.717) is 18.8 Å². The van der Waals surface area contributed by atoms with Crippen LogP contribution in [0.2, 0.25) is 0 Å². The normalized spacial score (nSPS) is 13.7. The summed E-state index contributed by atoms with van der Waals surface area (Å²) in [5, 5.41) is 3.96. The molecule has 0 amide bonds. The van der Waals surface area contributed by atoms with Gasteiger partial charge in [0.2, 0.25) is 10.0 Å². The molecule has 0 radical (unpaired) electrons. The first kappa shape index (κ1) is 18.3. The van der Waals surface area contributed by atoms with E-state index in [2.05, 4.69) is 6.58 Å². The Bertz CT molecular complexity index is 942. The number of hydrogen-bond acceptors (Lipinski definition) is 4. The van der Waals surface area contributed by atoms with Crippen molar-refractivity contribution in [3.63, 3.8) is 0 Å². The summed E-state index contributed by atoms with van der Waals surface area (Å²) in [4.78, 5) is 0. The van der Waals surface area contributed by atoms with E-state index >= 15 is 0 Å². The summed E-state index contributed by atoms with van der Waals surface area (Å²) in [5.41, 5.74) is 4.21. The van der Waals surface area contributed by atoms with Gasteiger partial charge in [0.05, 0.1) is 29.9 Å². The van der Waals surface area contributed by atoms with Crippen molar-refractivity contribution in [3.05, 3.63) is 59.9 Å². The summed E-state index contributed by atoms with van der Waals surface area (Å²) in [5.74, 6) is -0.281. The highest BCUT2D eigenvalue weighted by Crippen LogP contribution is 2.39. The Morgan fingerprint density at radius 3 is 2.46 bits per heavy atom. The van der Waals surface area contributed by atoms with E-state index in [-0.39, 0.29) is 5.82 Å². The highest BCUT2D eigenvalue weighted by Gasteiger charge is 2.28. The maximum absolute atomic E-state index is 13.2. The van der Waals surface area contributed by atoms with Crippen LogP contribution >= 0.6 is 0 Å². The van der Waals surface area contributed by atoms with Crippen molar-refractivity contribution in [1.82, 2.24) is 0 Å². The second-order valence-electron chi connectivity index (χ2n) is 6.23. The van der Waals surface area contributed by atoms with Crippen molar-refractivity contribution in [2.24, 2.45) is 0 Å². The van der Waals surface area contributed by atoms with Crippen LogP contribution in [0.3, 0.4) is 0 Å². The van der Waals surface area contributed by atoms with Gasteiger partial charge in [-0.05, 0) is 54.4 Å². The highest BCUT2D eigenvalue weighted by molar-refractivity contribution is 7.92. The number of sulfonamides is 1. The lowest BCUT2D eigenvalue weighted by molar-refractivity contribution is 0.597. The van der Waals surface area contributed by atoms with Crippen molar-refractivity contribution >= 4 is 33.2 Å². The summed E-state index contributed by atoms with van der Waals surface area (Å²) >= 11 is 0. The number of hydrazine groups is 1. The smallest absolute Gasteiger partial charge is 0.232 e. The SMILES string of the molecule is C=Cc1cc2c(cc1N(CC)S(C)(=O)=O)N(C)N(c1ccc(F)cc1)C2. The van der Waals surface area contributed by atoms with Crippen LogP contribution in [0.4, 0.5) is 21.5 Å². The molecule has 26 heavy (non-hydrogen) atoms. The lowest BCUT2D eigenvalue weighted by Crippen LogP contribution is -2.34. The van der Waals surface area contributed by atoms with Gasteiger partial charge in [-0.3, -0.25) is 14.3 Å². The second-order valence-corrected chi connectivity index (χ2v) is 8.14. The van der Waals surface area contributed by atoms with Crippen molar-refractivity contribution in [3.8, 4) is 0 Å². The van der Waals surface area contributed by atoms with Gasteiger partial charge in [-0.15, -0.1) is 0 Å². The zero-order chi connectivity index (χ0) is 19.1. The first-order valence-electron chi connectivity index (χ1n) is 8.30. The maximum Gasteiger partial charge on any atom is 0.232 e. The molecule has 0 bridgehead atoms. The highest BCUT2D eigenvalue weighted by atomic mass is 32.2. The van der Waals surface area contributed by atoms with Crippen molar-refractivity contribution in [1.29, 1.82) is 0 Å². The third kappa shape index (κ3) is 3.14. The summed E-state index contributed by atoms with van der Waals surface area (Å²) in [7, 11) is -1.49. The Kier molecular flexibility index (Phi) is 4.66. The topological polar surface area (TPSA) is 43.9 Å². The van der Waals surface area contributed by atoms with Crippen LogP contribution in [0, 0.1) is 5.82 Å². The quantitative estimate of drug-likeness (QED) is 0.801. The average Bonchev–Trinajstić information content (AvgIpc) is 2.90. The molecule has 2 aromatic carbocycles. The molecule has 0 atom stereocenters. The minimum absolute atomic E-state index is 0.281. The minimum Gasteiger partial charge on any atom is -0.288 e. The van der Waals surface area contributed by atoms with Gasteiger partial charge >= 0.3 is 0 Å². The monoisotopic (exact) mass is 375 g/mol. The molecule has 0 aliphatic carbocycles. The number of rotatable bonds is 5. The van der Waals surface area contributed by atoms with Crippen LogP contribution in [-0.4, -0.2) is 28.3 Å². The minimum atomic E-state index is -3.39. The molecule has 0 saturated heterocycles. The van der Waals surface area contributed by atoms with Gasteiger partial charge < -0.3 is 0 Å². The first-order chi connectivity index (χ1) is 12.3. The fourth-order valence-electron chi connectivity index (χ4n) is 3.31. The molecule has 0 N–H and O–H groups in total. The number of benzene rings is 2. The van der Waals surface area contributed by atoms with E-state index in [1.54, 1.807) is 25.1 Å². The van der Waals surface area contributed by atoms with E-state index < -0.39 is 10.0 Å².